The Kier molecular flexibility index (Phi) is 5.49. The molecule has 1 heterocycles. The van der Waals surface area contributed by atoms with Crippen LogP contribution in [0.3, 0.4) is 0 Å². The Bertz CT molecular complexity index is 409. The van der Waals surface area contributed by atoms with Gasteiger partial charge in [0.05, 0.1) is 6.10 Å². The second-order valence-electron chi connectivity index (χ2n) is 4.94. The maximum absolute atomic E-state index is 6.31. The number of halogens is 1. The standard InChI is InChI=1S/C15H23ClN2O/c1-2-19-12-5-4-10-18(11-12)15-7-3-6-14(16)13(15)8-9-17/h3,6-7,12H,2,4-5,8-11,17H2,1H3. The van der Waals surface area contributed by atoms with Gasteiger partial charge in [-0.05, 0) is 50.4 Å². The maximum Gasteiger partial charge on any atom is 0.0750 e. The Hall–Kier alpha value is -0.770. The Morgan fingerprint density at radius 3 is 3.05 bits per heavy atom. The van der Waals surface area contributed by atoms with Crippen LogP contribution in [0.15, 0.2) is 18.2 Å². The van der Waals surface area contributed by atoms with Crippen LogP contribution in [0.2, 0.25) is 5.02 Å². The molecule has 0 aromatic heterocycles. The molecule has 106 valence electrons. The van der Waals surface area contributed by atoms with Gasteiger partial charge in [-0.25, -0.2) is 0 Å². The fourth-order valence-electron chi connectivity index (χ4n) is 2.76. The van der Waals surface area contributed by atoms with Gasteiger partial charge in [-0.2, -0.15) is 0 Å². The lowest BCUT2D eigenvalue weighted by Crippen LogP contribution is -2.40. The molecule has 0 aliphatic carbocycles. The van der Waals surface area contributed by atoms with Gasteiger partial charge in [0.15, 0.2) is 0 Å². The van der Waals surface area contributed by atoms with Crippen molar-refractivity contribution < 1.29 is 4.74 Å². The maximum atomic E-state index is 6.31. The van der Waals surface area contributed by atoms with E-state index >= 15 is 0 Å². The first kappa shape index (κ1) is 14.6. The van der Waals surface area contributed by atoms with Gasteiger partial charge in [0.2, 0.25) is 0 Å². The molecule has 1 aromatic carbocycles. The molecule has 3 nitrogen and oxygen atoms in total. The molecule has 1 fully saturated rings. The Morgan fingerprint density at radius 2 is 2.32 bits per heavy atom. The summed E-state index contributed by atoms with van der Waals surface area (Å²) in [4.78, 5) is 2.39. The molecule has 1 atom stereocenters. The number of ether oxygens (including phenoxy) is 1. The summed E-state index contributed by atoms with van der Waals surface area (Å²) in [6.45, 7) is 5.48. The molecule has 1 aromatic rings. The van der Waals surface area contributed by atoms with Crippen molar-refractivity contribution in [3.8, 4) is 0 Å². The molecule has 19 heavy (non-hydrogen) atoms. The number of hydrogen-bond acceptors (Lipinski definition) is 3. The van der Waals surface area contributed by atoms with E-state index in [1.807, 2.05) is 12.1 Å². The van der Waals surface area contributed by atoms with Crippen molar-refractivity contribution in [2.75, 3.05) is 31.1 Å². The normalized spacial score (nSPS) is 19.7. The zero-order valence-electron chi connectivity index (χ0n) is 11.6. The SMILES string of the molecule is CCOC1CCCN(c2cccc(Cl)c2CCN)C1. The van der Waals surface area contributed by atoms with Crippen LogP contribution in [0.25, 0.3) is 0 Å². The predicted octanol–water partition coefficient (Wildman–Crippen LogP) is 2.85. The highest BCUT2D eigenvalue weighted by Crippen LogP contribution is 2.30. The summed E-state index contributed by atoms with van der Waals surface area (Å²) in [6, 6.07) is 6.10. The van der Waals surface area contributed by atoms with Crippen molar-refractivity contribution >= 4 is 17.3 Å². The first-order valence-corrected chi connectivity index (χ1v) is 7.48. The van der Waals surface area contributed by atoms with E-state index in [0.29, 0.717) is 12.6 Å². The molecule has 0 bridgehead atoms. The topological polar surface area (TPSA) is 38.5 Å². The molecule has 0 saturated carbocycles. The number of rotatable bonds is 5. The van der Waals surface area contributed by atoms with Gasteiger partial charge in [-0.15, -0.1) is 0 Å². The van der Waals surface area contributed by atoms with Gasteiger partial charge >= 0.3 is 0 Å². The molecule has 1 unspecified atom stereocenters. The molecule has 4 heteroatoms. The molecule has 2 N–H and O–H groups in total. The van der Waals surface area contributed by atoms with Gasteiger partial charge in [0.1, 0.15) is 0 Å². The second kappa shape index (κ2) is 7.13. The van der Waals surface area contributed by atoms with Crippen LogP contribution in [0.4, 0.5) is 5.69 Å². The van der Waals surface area contributed by atoms with E-state index in [2.05, 4.69) is 17.9 Å². The molecule has 0 spiro atoms. The van der Waals surface area contributed by atoms with Crippen LogP contribution < -0.4 is 10.6 Å². The van der Waals surface area contributed by atoms with E-state index in [-0.39, 0.29) is 0 Å². The summed E-state index contributed by atoms with van der Waals surface area (Å²) in [5.74, 6) is 0. The Morgan fingerprint density at radius 1 is 1.47 bits per heavy atom. The minimum Gasteiger partial charge on any atom is -0.377 e. The summed E-state index contributed by atoms with van der Waals surface area (Å²) < 4.78 is 5.77. The summed E-state index contributed by atoms with van der Waals surface area (Å²) in [5, 5.41) is 0.821. The lowest BCUT2D eigenvalue weighted by molar-refractivity contribution is 0.0526. The van der Waals surface area contributed by atoms with Gasteiger partial charge in [0.25, 0.3) is 0 Å². The number of nitrogens with two attached hydrogens (primary N) is 1. The van der Waals surface area contributed by atoms with E-state index in [9.17, 15) is 0 Å². The van der Waals surface area contributed by atoms with E-state index in [1.165, 1.54) is 17.7 Å². The highest BCUT2D eigenvalue weighted by Gasteiger charge is 2.22. The fraction of sp³-hybridized carbons (Fsp3) is 0.600. The zero-order valence-corrected chi connectivity index (χ0v) is 12.3. The summed E-state index contributed by atoms with van der Waals surface area (Å²) >= 11 is 6.31. The summed E-state index contributed by atoms with van der Waals surface area (Å²) in [7, 11) is 0. The zero-order chi connectivity index (χ0) is 13.7. The lowest BCUT2D eigenvalue weighted by Gasteiger charge is -2.35. The summed E-state index contributed by atoms with van der Waals surface area (Å²) in [6.07, 6.45) is 3.48. The van der Waals surface area contributed by atoms with Crippen LogP contribution in [-0.2, 0) is 11.2 Å². The average molecular weight is 283 g/mol. The Labute approximate surface area is 120 Å². The molecule has 0 amide bonds. The quantitative estimate of drug-likeness (QED) is 0.902. The molecular weight excluding hydrogens is 260 g/mol. The van der Waals surface area contributed by atoms with Crippen LogP contribution in [-0.4, -0.2) is 32.3 Å². The molecule has 1 aliphatic rings. The van der Waals surface area contributed by atoms with Crippen molar-refractivity contribution in [3.63, 3.8) is 0 Å². The highest BCUT2D eigenvalue weighted by molar-refractivity contribution is 6.31. The van der Waals surface area contributed by atoms with Crippen LogP contribution in [0.5, 0.6) is 0 Å². The predicted molar refractivity (Wildman–Crippen MR) is 81.1 cm³/mol. The van der Waals surface area contributed by atoms with Gasteiger partial charge in [-0.1, -0.05) is 17.7 Å². The number of piperidine rings is 1. The lowest BCUT2D eigenvalue weighted by atomic mass is 10.0. The van der Waals surface area contributed by atoms with E-state index in [0.717, 1.165) is 37.6 Å². The number of anilines is 1. The average Bonchev–Trinajstić information content (AvgIpc) is 2.42. The van der Waals surface area contributed by atoms with Crippen LogP contribution in [0.1, 0.15) is 25.3 Å². The van der Waals surface area contributed by atoms with Crippen molar-refractivity contribution in [2.45, 2.75) is 32.3 Å². The van der Waals surface area contributed by atoms with E-state index < -0.39 is 0 Å². The first-order chi connectivity index (χ1) is 9.26. The molecule has 2 rings (SSSR count). The van der Waals surface area contributed by atoms with Crippen molar-refractivity contribution in [3.05, 3.63) is 28.8 Å². The number of benzene rings is 1. The smallest absolute Gasteiger partial charge is 0.0750 e. The number of nitrogens with zero attached hydrogens (tertiary/aromatic N) is 1. The minimum absolute atomic E-state index is 0.337. The minimum atomic E-state index is 0.337. The second-order valence-corrected chi connectivity index (χ2v) is 5.35. The van der Waals surface area contributed by atoms with Crippen LogP contribution in [0, 0.1) is 0 Å². The van der Waals surface area contributed by atoms with Crippen molar-refractivity contribution in [1.29, 1.82) is 0 Å². The molecule has 1 aliphatic heterocycles. The fourth-order valence-corrected chi connectivity index (χ4v) is 3.03. The van der Waals surface area contributed by atoms with Crippen molar-refractivity contribution in [1.82, 2.24) is 0 Å². The van der Waals surface area contributed by atoms with E-state index in [1.54, 1.807) is 0 Å². The molecule has 0 radical (unpaired) electrons. The molecule has 1 saturated heterocycles. The highest BCUT2D eigenvalue weighted by atomic mass is 35.5. The molecular formula is C15H23ClN2O. The largest absolute Gasteiger partial charge is 0.377 e. The van der Waals surface area contributed by atoms with E-state index in [4.69, 9.17) is 22.1 Å². The van der Waals surface area contributed by atoms with Crippen molar-refractivity contribution in [2.24, 2.45) is 5.73 Å². The van der Waals surface area contributed by atoms with Gasteiger partial charge in [0, 0.05) is 30.4 Å². The summed E-state index contributed by atoms with van der Waals surface area (Å²) in [5.41, 5.74) is 8.10. The third kappa shape index (κ3) is 3.62. The Balaban J connectivity index is 2.18. The monoisotopic (exact) mass is 282 g/mol. The van der Waals surface area contributed by atoms with Gasteiger partial charge < -0.3 is 15.4 Å². The third-order valence-electron chi connectivity index (χ3n) is 3.61. The van der Waals surface area contributed by atoms with Crippen LogP contribution >= 0.6 is 11.6 Å². The third-order valence-corrected chi connectivity index (χ3v) is 3.96. The first-order valence-electron chi connectivity index (χ1n) is 7.10. The van der Waals surface area contributed by atoms with Gasteiger partial charge in [-0.3, -0.25) is 0 Å². The number of hydrogen-bond donors (Lipinski definition) is 1.